The minimum Gasteiger partial charge on any atom is -0.508 e. The van der Waals surface area contributed by atoms with Crippen molar-refractivity contribution in [2.24, 2.45) is 0 Å². The fourth-order valence-corrected chi connectivity index (χ4v) is 6.17. The second-order valence-electron chi connectivity index (χ2n) is 11.2. The molecule has 0 saturated carbocycles. The molecule has 2 aliphatic heterocycles. The summed E-state index contributed by atoms with van der Waals surface area (Å²) in [5.74, 6) is 0.344. The molecule has 6 rings (SSSR count). The third kappa shape index (κ3) is 6.07. The number of methoxy groups -OCH3 is 1. The van der Waals surface area contributed by atoms with Crippen LogP contribution in [0.25, 0.3) is 10.9 Å². The lowest BCUT2D eigenvalue weighted by atomic mass is 9.98. The molecule has 45 heavy (non-hydrogen) atoms. The topological polar surface area (TPSA) is 121 Å². The number of H-pyrrole nitrogens is 1. The number of nitrogens with one attached hydrogen (secondary N) is 2. The third-order valence-corrected chi connectivity index (χ3v) is 8.37. The van der Waals surface area contributed by atoms with Crippen molar-refractivity contribution in [2.45, 2.75) is 31.7 Å². The zero-order valence-electron chi connectivity index (χ0n) is 25.1. The van der Waals surface area contributed by atoms with E-state index in [1.54, 1.807) is 57.3 Å². The van der Waals surface area contributed by atoms with Crippen molar-refractivity contribution >= 4 is 28.7 Å². The van der Waals surface area contributed by atoms with E-state index in [1.807, 2.05) is 54.7 Å². The molecule has 0 bridgehead atoms. The Bertz CT molecular complexity index is 1710. The summed E-state index contributed by atoms with van der Waals surface area (Å²) < 4.78 is 5.44. The lowest BCUT2D eigenvalue weighted by Gasteiger charge is -2.55. The zero-order valence-corrected chi connectivity index (χ0v) is 25.1. The van der Waals surface area contributed by atoms with Gasteiger partial charge in [0.2, 0.25) is 11.8 Å². The van der Waals surface area contributed by atoms with Crippen LogP contribution < -0.4 is 10.1 Å². The van der Waals surface area contributed by atoms with E-state index in [9.17, 15) is 19.5 Å². The van der Waals surface area contributed by atoms with Crippen LogP contribution in [0.2, 0.25) is 0 Å². The lowest BCUT2D eigenvalue weighted by Crippen LogP contribution is -2.76. The van der Waals surface area contributed by atoms with Gasteiger partial charge in [-0.2, -0.15) is 0 Å². The SMILES string of the molecule is C=CCN1CC(=O)N2[C@@H](Cc3ccc(O)cc3)C(=O)N(Cc3c[nH]c4ccc(OC)cc34)C[C@@H]2N1C(=O)NCc1ccccc1. The Hall–Kier alpha value is -5.29. The number of ether oxygens (including phenoxy) is 1. The Morgan fingerprint density at radius 1 is 1.09 bits per heavy atom. The molecule has 232 valence electrons. The van der Waals surface area contributed by atoms with Crippen molar-refractivity contribution in [2.75, 3.05) is 26.7 Å². The molecule has 0 unspecified atom stereocenters. The van der Waals surface area contributed by atoms with Crippen LogP contribution in [0.3, 0.4) is 0 Å². The standard InChI is InChI=1S/C34H36N6O5/c1-3-15-38-22-32(42)39-30(16-23-9-11-26(41)12-10-23)33(43)37(20-25-19-35-29-14-13-27(45-2)17-28(25)29)21-31(39)40(38)34(44)36-18-24-7-5-4-6-8-24/h3-14,17,19,30-31,35,41H,1,15-16,18,20-22H2,2H3,(H,36,44)/t30-,31-/m0/s1. The first-order chi connectivity index (χ1) is 21.9. The largest absolute Gasteiger partial charge is 0.508 e. The summed E-state index contributed by atoms with van der Waals surface area (Å²) in [4.78, 5) is 48.5. The van der Waals surface area contributed by atoms with E-state index in [1.165, 1.54) is 0 Å². The molecule has 1 aromatic heterocycles. The molecular formula is C34H36N6O5. The smallest absolute Gasteiger partial charge is 0.334 e. The Labute approximate surface area is 261 Å². The van der Waals surface area contributed by atoms with Gasteiger partial charge in [-0.25, -0.2) is 14.8 Å². The number of hydrogen-bond acceptors (Lipinski definition) is 6. The summed E-state index contributed by atoms with van der Waals surface area (Å²) in [7, 11) is 1.61. The van der Waals surface area contributed by atoms with Crippen molar-refractivity contribution in [3.63, 3.8) is 0 Å². The highest BCUT2D eigenvalue weighted by Crippen LogP contribution is 2.31. The van der Waals surface area contributed by atoms with Crippen molar-refractivity contribution in [3.8, 4) is 11.5 Å². The van der Waals surface area contributed by atoms with Crippen LogP contribution in [0, 0.1) is 0 Å². The first-order valence-electron chi connectivity index (χ1n) is 14.8. The Morgan fingerprint density at radius 2 is 1.87 bits per heavy atom. The first-order valence-corrected chi connectivity index (χ1v) is 14.8. The monoisotopic (exact) mass is 608 g/mol. The molecule has 2 aliphatic rings. The summed E-state index contributed by atoms with van der Waals surface area (Å²) in [5, 5.41) is 17.0. The van der Waals surface area contributed by atoms with E-state index >= 15 is 0 Å². The third-order valence-electron chi connectivity index (χ3n) is 8.37. The number of aromatic amines is 1. The molecule has 11 heteroatoms. The highest BCUT2D eigenvalue weighted by atomic mass is 16.5. The molecule has 3 N–H and O–H groups in total. The fourth-order valence-electron chi connectivity index (χ4n) is 6.17. The zero-order chi connectivity index (χ0) is 31.5. The van der Waals surface area contributed by atoms with Crippen LogP contribution in [0.1, 0.15) is 16.7 Å². The molecule has 2 atom stereocenters. The number of nitrogens with zero attached hydrogens (tertiary/aromatic N) is 4. The second kappa shape index (κ2) is 12.7. The van der Waals surface area contributed by atoms with Crippen molar-refractivity contribution in [1.82, 2.24) is 30.1 Å². The number of aromatic hydroxyl groups is 1. The van der Waals surface area contributed by atoms with E-state index in [-0.39, 0.29) is 56.2 Å². The Kier molecular flexibility index (Phi) is 8.43. The average molecular weight is 609 g/mol. The average Bonchev–Trinajstić information content (AvgIpc) is 3.45. The maximum absolute atomic E-state index is 14.3. The van der Waals surface area contributed by atoms with Gasteiger partial charge in [0.15, 0.2) is 0 Å². The molecule has 3 heterocycles. The maximum atomic E-state index is 14.3. The number of phenolic OH excluding ortho intramolecular Hbond substituents is 1. The number of fused-ring (bicyclic) bond motifs is 2. The van der Waals surface area contributed by atoms with Gasteiger partial charge in [0.1, 0.15) is 23.7 Å². The normalized spacial score (nSPS) is 18.6. The summed E-state index contributed by atoms with van der Waals surface area (Å²) in [6.07, 6.45) is 2.99. The van der Waals surface area contributed by atoms with E-state index in [4.69, 9.17) is 4.74 Å². The molecule has 2 saturated heterocycles. The minimum atomic E-state index is -0.865. The van der Waals surface area contributed by atoms with Gasteiger partial charge < -0.3 is 29.9 Å². The second-order valence-corrected chi connectivity index (χ2v) is 11.2. The van der Waals surface area contributed by atoms with Crippen LogP contribution >= 0.6 is 0 Å². The van der Waals surface area contributed by atoms with E-state index in [0.29, 0.717) is 12.3 Å². The number of amides is 4. The molecule has 11 nitrogen and oxygen atoms in total. The van der Waals surface area contributed by atoms with Crippen LogP contribution in [0.4, 0.5) is 4.79 Å². The number of carbonyl (C=O) groups is 3. The Balaban J connectivity index is 1.36. The fraction of sp³-hybridized carbons (Fsp3) is 0.265. The number of hydrazine groups is 1. The van der Waals surface area contributed by atoms with Gasteiger partial charge in [0.25, 0.3) is 0 Å². The number of benzene rings is 3. The number of aromatic nitrogens is 1. The van der Waals surface area contributed by atoms with Crippen LogP contribution in [-0.4, -0.2) is 86.7 Å². The highest BCUT2D eigenvalue weighted by Gasteiger charge is 2.51. The van der Waals surface area contributed by atoms with Crippen molar-refractivity contribution in [3.05, 3.63) is 108 Å². The predicted octanol–water partition coefficient (Wildman–Crippen LogP) is 3.62. The van der Waals surface area contributed by atoms with Gasteiger partial charge in [-0.1, -0.05) is 48.5 Å². The minimum absolute atomic E-state index is 0.0805. The molecule has 4 amide bonds. The quantitative estimate of drug-likeness (QED) is 0.250. The van der Waals surface area contributed by atoms with E-state index in [0.717, 1.165) is 27.6 Å². The molecule has 3 aromatic carbocycles. The molecular weight excluding hydrogens is 572 g/mol. The van der Waals surface area contributed by atoms with Gasteiger partial charge in [-0.3, -0.25) is 9.59 Å². The number of phenols is 1. The molecule has 0 aliphatic carbocycles. The number of urea groups is 1. The summed E-state index contributed by atoms with van der Waals surface area (Å²) in [5.41, 5.74) is 3.51. The van der Waals surface area contributed by atoms with Crippen molar-refractivity contribution < 1.29 is 24.2 Å². The molecule has 2 fully saturated rings. The van der Waals surface area contributed by atoms with Gasteiger partial charge in [-0.15, -0.1) is 6.58 Å². The summed E-state index contributed by atoms with van der Waals surface area (Å²) >= 11 is 0. The molecule has 0 spiro atoms. The molecule has 4 aromatic rings. The highest BCUT2D eigenvalue weighted by molar-refractivity contribution is 5.92. The van der Waals surface area contributed by atoms with Crippen LogP contribution in [0.5, 0.6) is 11.5 Å². The van der Waals surface area contributed by atoms with Crippen LogP contribution in [0.15, 0.2) is 91.6 Å². The summed E-state index contributed by atoms with van der Waals surface area (Å²) in [6, 6.07) is 20.7. The van der Waals surface area contributed by atoms with Gasteiger partial charge in [-0.05, 0) is 47.0 Å². The van der Waals surface area contributed by atoms with Gasteiger partial charge >= 0.3 is 6.03 Å². The van der Waals surface area contributed by atoms with Gasteiger partial charge in [0.05, 0.1) is 20.2 Å². The number of piperazine rings is 1. The molecule has 0 radical (unpaired) electrons. The lowest BCUT2D eigenvalue weighted by molar-refractivity contribution is -0.189. The van der Waals surface area contributed by atoms with E-state index < -0.39 is 12.2 Å². The van der Waals surface area contributed by atoms with Crippen LogP contribution in [-0.2, 0) is 29.1 Å². The maximum Gasteiger partial charge on any atom is 0.334 e. The predicted molar refractivity (Wildman–Crippen MR) is 169 cm³/mol. The summed E-state index contributed by atoms with van der Waals surface area (Å²) in [6.45, 7) is 4.71. The first kappa shape index (κ1) is 29.8. The van der Waals surface area contributed by atoms with Crippen molar-refractivity contribution in [1.29, 1.82) is 0 Å². The van der Waals surface area contributed by atoms with Gasteiger partial charge in [0, 0.05) is 43.2 Å². The number of hydrogen-bond donors (Lipinski definition) is 3. The number of carbonyl (C=O) groups excluding carboxylic acids is 3. The van der Waals surface area contributed by atoms with E-state index in [2.05, 4.69) is 16.9 Å². The number of rotatable bonds is 9. The Morgan fingerprint density at radius 3 is 2.60 bits per heavy atom.